The van der Waals surface area contributed by atoms with Gasteiger partial charge in [-0.2, -0.15) is 8.42 Å². The Bertz CT molecular complexity index is 1240. The van der Waals surface area contributed by atoms with Crippen LogP contribution in [0.15, 0.2) is 77.7 Å². The average molecular weight is 409 g/mol. The second kappa shape index (κ2) is 7.84. The van der Waals surface area contributed by atoms with Gasteiger partial charge in [-0.15, -0.1) is 0 Å². The zero-order chi connectivity index (χ0) is 20.3. The predicted octanol–water partition coefficient (Wildman–Crippen LogP) is 3.95. The molecule has 0 amide bonds. The van der Waals surface area contributed by atoms with Gasteiger partial charge >= 0.3 is 10.1 Å². The van der Waals surface area contributed by atoms with Crippen LogP contribution in [0.1, 0.15) is 5.56 Å². The molecule has 1 aromatic heterocycles. The summed E-state index contributed by atoms with van der Waals surface area (Å²) in [6, 6.07) is 20.7. The largest absolute Gasteiger partial charge is 0.497 e. The Morgan fingerprint density at radius 1 is 0.966 bits per heavy atom. The number of nitrogens with one attached hydrogen (secondary N) is 2. The van der Waals surface area contributed by atoms with Crippen LogP contribution in [-0.2, 0) is 16.7 Å². The summed E-state index contributed by atoms with van der Waals surface area (Å²) < 4.78 is 35.2. The normalized spacial score (nSPS) is 11.3. The van der Waals surface area contributed by atoms with Crippen LogP contribution in [0.5, 0.6) is 11.5 Å². The first-order valence-corrected chi connectivity index (χ1v) is 10.3. The van der Waals surface area contributed by atoms with Crippen molar-refractivity contribution in [3.05, 3.63) is 78.4 Å². The number of fused-ring (bicyclic) bond motifs is 1. The maximum absolute atomic E-state index is 12.4. The van der Waals surface area contributed by atoms with E-state index in [1.54, 1.807) is 43.5 Å². The lowest BCUT2D eigenvalue weighted by Gasteiger charge is -2.06. The second-order valence-corrected chi connectivity index (χ2v) is 7.87. The lowest BCUT2D eigenvalue weighted by molar-refractivity contribution is 0.414. The van der Waals surface area contributed by atoms with Gasteiger partial charge in [-0.1, -0.05) is 30.3 Å². The van der Waals surface area contributed by atoms with Gasteiger partial charge in [0.25, 0.3) is 0 Å². The summed E-state index contributed by atoms with van der Waals surface area (Å²) >= 11 is 0. The molecule has 0 aliphatic rings. The van der Waals surface area contributed by atoms with E-state index in [4.69, 9.17) is 8.92 Å². The van der Waals surface area contributed by atoms with E-state index in [-0.39, 0.29) is 10.6 Å². The summed E-state index contributed by atoms with van der Waals surface area (Å²) in [4.78, 5) is 7.70. The molecule has 4 aromatic rings. The maximum atomic E-state index is 12.4. The zero-order valence-corrected chi connectivity index (χ0v) is 16.4. The molecular formula is C21H19N3O4S. The standard InChI is InChI=1S/C21H19N3O4S/c1-27-16-7-5-6-15(12-16)14-22-21-23-19-11-10-17(13-20(19)24-21)28-29(25,26)18-8-3-2-4-9-18/h2-13H,14H2,1H3,(H2,22,23,24). The Balaban J connectivity index is 1.50. The van der Waals surface area contributed by atoms with E-state index in [1.807, 2.05) is 24.3 Å². The summed E-state index contributed by atoms with van der Waals surface area (Å²) in [6.45, 7) is 0.558. The molecule has 1 heterocycles. The molecule has 0 atom stereocenters. The van der Waals surface area contributed by atoms with Crippen LogP contribution in [-0.4, -0.2) is 25.5 Å². The molecule has 0 saturated carbocycles. The molecule has 148 valence electrons. The fourth-order valence-electron chi connectivity index (χ4n) is 2.85. The molecule has 2 N–H and O–H groups in total. The van der Waals surface area contributed by atoms with Gasteiger partial charge in [-0.3, -0.25) is 0 Å². The number of aromatic nitrogens is 2. The minimum absolute atomic E-state index is 0.102. The number of benzene rings is 3. The van der Waals surface area contributed by atoms with E-state index < -0.39 is 10.1 Å². The molecule has 8 heteroatoms. The third-order valence-corrected chi connectivity index (χ3v) is 5.55. The van der Waals surface area contributed by atoms with E-state index in [1.165, 1.54) is 12.1 Å². The highest BCUT2D eigenvalue weighted by Crippen LogP contribution is 2.24. The molecule has 0 unspecified atom stereocenters. The Morgan fingerprint density at radius 2 is 1.79 bits per heavy atom. The van der Waals surface area contributed by atoms with Crippen LogP contribution >= 0.6 is 0 Å². The molecule has 29 heavy (non-hydrogen) atoms. The highest BCUT2D eigenvalue weighted by Gasteiger charge is 2.16. The number of hydrogen-bond donors (Lipinski definition) is 2. The van der Waals surface area contributed by atoms with Crippen molar-refractivity contribution in [1.82, 2.24) is 9.97 Å². The summed E-state index contributed by atoms with van der Waals surface area (Å²) in [7, 11) is -2.26. The molecular weight excluding hydrogens is 390 g/mol. The number of methoxy groups -OCH3 is 1. The summed E-state index contributed by atoms with van der Waals surface area (Å²) in [5.41, 5.74) is 2.41. The number of aromatic amines is 1. The van der Waals surface area contributed by atoms with E-state index in [0.29, 0.717) is 23.5 Å². The van der Waals surface area contributed by atoms with Gasteiger partial charge in [0.2, 0.25) is 5.95 Å². The van der Waals surface area contributed by atoms with Gasteiger partial charge in [-0.25, -0.2) is 4.98 Å². The number of H-pyrrole nitrogens is 1. The molecule has 7 nitrogen and oxygen atoms in total. The minimum Gasteiger partial charge on any atom is -0.497 e. The molecule has 0 aliphatic heterocycles. The monoisotopic (exact) mass is 409 g/mol. The van der Waals surface area contributed by atoms with Crippen molar-refractivity contribution in [3.8, 4) is 11.5 Å². The highest BCUT2D eigenvalue weighted by atomic mass is 32.2. The fourth-order valence-corrected chi connectivity index (χ4v) is 3.80. The van der Waals surface area contributed by atoms with Gasteiger partial charge < -0.3 is 19.2 Å². The van der Waals surface area contributed by atoms with Crippen molar-refractivity contribution in [1.29, 1.82) is 0 Å². The third-order valence-electron chi connectivity index (χ3n) is 4.29. The van der Waals surface area contributed by atoms with Crippen LogP contribution < -0.4 is 14.2 Å². The summed E-state index contributed by atoms with van der Waals surface area (Å²) in [5, 5.41) is 3.21. The van der Waals surface area contributed by atoms with Gasteiger partial charge in [0.05, 0.1) is 18.1 Å². The van der Waals surface area contributed by atoms with E-state index in [0.717, 1.165) is 11.3 Å². The van der Waals surface area contributed by atoms with Crippen molar-refractivity contribution >= 4 is 27.1 Å². The predicted molar refractivity (Wildman–Crippen MR) is 111 cm³/mol. The van der Waals surface area contributed by atoms with Crippen molar-refractivity contribution in [2.45, 2.75) is 11.4 Å². The van der Waals surface area contributed by atoms with Gasteiger partial charge in [0.15, 0.2) is 0 Å². The fraction of sp³-hybridized carbons (Fsp3) is 0.0952. The number of nitrogens with zero attached hydrogens (tertiary/aromatic N) is 1. The number of rotatable bonds is 7. The van der Waals surface area contributed by atoms with Crippen molar-refractivity contribution < 1.29 is 17.3 Å². The Kier molecular flexibility index (Phi) is 5.09. The number of anilines is 1. The Hall–Kier alpha value is -3.52. The maximum Gasteiger partial charge on any atom is 0.339 e. The van der Waals surface area contributed by atoms with Crippen LogP contribution in [0.4, 0.5) is 5.95 Å². The first kappa shape index (κ1) is 18.8. The molecule has 0 spiro atoms. The van der Waals surface area contributed by atoms with E-state index in [2.05, 4.69) is 15.3 Å². The number of ether oxygens (including phenoxy) is 1. The van der Waals surface area contributed by atoms with Crippen molar-refractivity contribution in [2.75, 3.05) is 12.4 Å². The Labute approximate surface area is 168 Å². The molecule has 0 saturated heterocycles. The van der Waals surface area contributed by atoms with Crippen LogP contribution in [0.3, 0.4) is 0 Å². The summed E-state index contributed by atoms with van der Waals surface area (Å²) in [5.74, 6) is 1.57. The third kappa shape index (κ3) is 4.33. The molecule has 0 bridgehead atoms. The summed E-state index contributed by atoms with van der Waals surface area (Å²) in [6.07, 6.45) is 0. The number of hydrogen-bond acceptors (Lipinski definition) is 6. The topological polar surface area (TPSA) is 93.3 Å². The smallest absolute Gasteiger partial charge is 0.339 e. The minimum atomic E-state index is -3.89. The molecule has 0 radical (unpaired) electrons. The Morgan fingerprint density at radius 3 is 2.59 bits per heavy atom. The van der Waals surface area contributed by atoms with Crippen molar-refractivity contribution in [2.24, 2.45) is 0 Å². The van der Waals surface area contributed by atoms with Crippen molar-refractivity contribution in [3.63, 3.8) is 0 Å². The van der Waals surface area contributed by atoms with Gasteiger partial charge in [0, 0.05) is 12.6 Å². The van der Waals surface area contributed by atoms with Crippen LogP contribution in [0, 0.1) is 0 Å². The second-order valence-electron chi connectivity index (χ2n) is 6.32. The first-order chi connectivity index (χ1) is 14.0. The van der Waals surface area contributed by atoms with E-state index >= 15 is 0 Å². The highest BCUT2D eigenvalue weighted by molar-refractivity contribution is 7.87. The quantitative estimate of drug-likeness (QED) is 0.449. The molecule has 3 aromatic carbocycles. The average Bonchev–Trinajstić information content (AvgIpc) is 3.15. The SMILES string of the molecule is COc1cccc(CNc2nc3ccc(OS(=O)(=O)c4ccccc4)cc3[nH]2)c1. The number of imidazole rings is 1. The van der Waals surface area contributed by atoms with Crippen LogP contribution in [0.25, 0.3) is 11.0 Å². The van der Waals surface area contributed by atoms with Gasteiger partial charge in [-0.05, 0) is 42.0 Å². The lowest BCUT2D eigenvalue weighted by Crippen LogP contribution is -2.09. The van der Waals surface area contributed by atoms with Crippen LogP contribution in [0.2, 0.25) is 0 Å². The molecule has 0 aliphatic carbocycles. The molecule has 4 rings (SSSR count). The molecule has 0 fully saturated rings. The lowest BCUT2D eigenvalue weighted by atomic mass is 10.2. The zero-order valence-electron chi connectivity index (χ0n) is 15.6. The van der Waals surface area contributed by atoms with E-state index in [9.17, 15) is 8.42 Å². The van der Waals surface area contributed by atoms with Gasteiger partial charge in [0.1, 0.15) is 16.4 Å². The first-order valence-electron chi connectivity index (χ1n) is 8.90.